The zero-order valence-corrected chi connectivity index (χ0v) is 14.4. The van der Waals surface area contributed by atoms with Crippen LogP contribution in [-0.4, -0.2) is 30.0 Å². The summed E-state index contributed by atoms with van der Waals surface area (Å²) in [5.41, 5.74) is 0.440. The summed E-state index contributed by atoms with van der Waals surface area (Å²) < 4.78 is 14.7. The number of hydrogen-bond donors (Lipinski definition) is 1. The van der Waals surface area contributed by atoms with Crippen LogP contribution in [0, 0.1) is 11.7 Å². The Labute approximate surface area is 145 Å². The van der Waals surface area contributed by atoms with Gasteiger partial charge in [-0.25, -0.2) is 9.37 Å². The lowest BCUT2D eigenvalue weighted by Gasteiger charge is -2.32. The van der Waals surface area contributed by atoms with E-state index in [1.54, 1.807) is 6.07 Å². The minimum absolute atomic E-state index is 0.0104. The quantitative estimate of drug-likeness (QED) is 0.921. The number of benzene rings is 1. The molecule has 128 valence electrons. The predicted octanol–water partition coefficient (Wildman–Crippen LogP) is 3.71. The van der Waals surface area contributed by atoms with Gasteiger partial charge in [0.2, 0.25) is 5.91 Å². The van der Waals surface area contributed by atoms with Crippen molar-refractivity contribution >= 4 is 32.6 Å². The number of para-hydroxylation sites is 1. The second kappa shape index (κ2) is 6.67. The number of carbonyl (C=O) groups excluding carboxylic acids is 1. The Bertz CT molecular complexity index is 741. The van der Waals surface area contributed by atoms with Gasteiger partial charge in [-0.1, -0.05) is 30.2 Å². The molecule has 4 nitrogen and oxygen atoms in total. The topological polar surface area (TPSA) is 45.2 Å². The molecule has 0 radical (unpaired) electrons. The number of anilines is 1. The number of thiazole rings is 1. The van der Waals surface area contributed by atoms with Crippen LogP contribution in [0.4, 0.5) is 9.52 Å². The third-order valence-electron chi connectivity index (χ3n) is 5.12. The molecule has 1 unspecified atom stereocenters. The summed E-state index contributed by atoms with van der Waals surface area (Å²) in [6.45, 7) is 1.56. The van der Waals surface area contributed by atoms with Crippen molar-refractivity contribution in [3.05, 3.63) is 24.0 Å². The second-order valence-corrected chi connectivity index (χ2v) is 7.87. The van der Waals surface area contributed by atoms with Crippen molar-refractivity contribution in [1.82, 2.24) is 10.3 Å². The number of halogens is 1. The summed E-state index contributed by atoms with van der Waals surface area (Å²) >= 11 is 1.51. The molecule has 1 atom stereocenters. The molecule has 1 aliphatic carbocycles. The Morgan fingerprint density at radius 2 is 2.08 bits per heavy atom. The van der Waals surface area contributed by atoms with Crippen LogP contribution in [-0.2, 0) is 4.79 Å². The SMILES string of the molecule is O=C(NC1CCCC1)C1CCCN(c2nc3c(F)cccc3s2)C1. The average molecular weight is 347 g/mol. The van der Waals surface area contributed by atoms with Crippen molar-refractivity contribution in [2.24, 2.45) is 5.92 Å². The summed E-state index contributed by atoms with van der Waals surface area (Å²) in [5, 5.41) is 4.04. The van der Waals surface area contributed by atoms with E-state index in [1.807, 2.05) is 6.07 Å². The Morgan fingerprint density at radius 3 is 2.88 bits per heavy atom. The lowest BCUT2D eigenvalue weighted by Crippen LogP contribution is -2.45. The minimum Gasteiger partial charge on any atom is -0.353 e. The summed E-state index contributed by atoms with van der Waals surface area (Å²) in [6.07, 6.45) is 6.56. The smallest absolute Gasteiger partial charge is 0.225 e. The first-order valence-corrected chi connectivity index (χ1v) is 9.63. The number of fused-ring (bicyclic) bond motifs is 1. The lowest BCUT2D eigenvalue weighted by molar-refractivity contribution is -0.125. The fraction of sp³-hybridized carbons (Fsp3) is 0.556. The van der Waals surface area contributed by atoms with E-state index in [2.05, 4.69) is 15.2 Å². The number of piperidine rings is 1. The largest absolute Gasteiger partial charge is 0.353 e. The highest BCUT2D eigenvalue weighted by atomic mass is 32.1. The van der Waals surface area contributed by atoms with Gasteiger partial charge in [0.1, 0.15) is 11.3 Å². The number of carbonyl (C=O) groups is 1. The Morgan fingerprint density at radius 1 is 1.25 bits per heavy atom. The van der Waals surface area contributed by atoms with Gasteiger partial charge < -0.3 is 10.2 Å². The summed E-state index contributed by atoms with van der Waals surface area (Å²) in [6, 6.07) is 5.42. The maximum atomic E-state index is 13.9. The first-order valence-electron chi connectivity index (χ1n) is 8.81. The molecular formula is C18H22FN3OS. The van der Waals surface area contributed by atoms with Crippen molar-refractivity contribution in [3.8, 4) is 0 Å². The number of hydrogen-bond acceptors (Lipinski definition) is 4. The number of amides is 1. The Hall–Kier alpha value is -1.69. The van der Waals surface area contributed by atoms with Crippen LogP contribution in [0.15, 0.2) is 18.2 Å². The molecule has 1 aromatic heterocycles. The number of nitrogens with zero attached hydrogens (tertiary/aromatic N) is 2. The monoisotopic (exact) mass is 347 g/mol. The molecule has 1 N–H and O–H groups in total. The van der Waals surface area contributed by atoms with Gasteiger partial charge in [-0.15, -0.1) is 0 Å². The van der Waals surface area contributed by atoms with Crippen molar-refractivity contribution in [1.29, 1.82) is 0 Å². The van der Waals surface area contributed by atoms with Gasteiger partial charge in [-0.3, -0.25) is 4.79 Å². The lowest BCUT2D eigenvalue weighted by atomic mass is 9.97. The maximum Gasteiger partial charge on any atom is 0.225 e. The highest BCUT2D eigenvalue weighted by Gasteiger charge is 2.29. The predicted molar refractivity (Wildman–Crippen MR) is 94.9 cm³/mol. The van der Waals surface area contributed by atoms with Gasteiger partial charge in [0.15, 0.2) is 5.13 Å². The van der Waals surface area contributed by atoms with Crippen LogP contribution in [0.3, 0.4) is 0 Å². The van der Waals surface area contributed by atoms with Gasteiger partial charge in [0.25, 0.3) is 0 Å². The van der Waals surface area contributed by atoms with Crippen LogP contribution in [0.1, 0.15) is 38.5 Å². The molecule has 2 heterocycles. The van der Waals surface area contributed by atoms with Gasteiger partial charge in [0, 0.05) is 19.1 Å². The van der Waals surface area contributed by atoms with Crippen molar-refractivity contribution in [2.75, 3.05) is 18.0 Å². The average Bonchev–Trinajstić information content (AvgIpc) is 3.25. The third-order valence-corrected chi connectivity index (χ3v) is 6.20. The number of nitrogens with one attached hydrogen (secondary N) is 1. The zero-order chi connectivity index (χ0) is 16.5. The normalized spacial score (nSPS) is 22.2. The minimum atomic E-state index is -0.275. The highest BCUT2D eigenvalue weighted by Crippen LogP contribution is 2.32. The van der Waals surface area contributed by atoms with Crippen LogP contribution in [0.5, 0.6) is 0 Å². The molecule has 1 aromatic carbocycles. The van der Waals surface area contributed by atoms with Crippen molar-refractivity contribution < 1.29 is 9.18 Å². The summed E-state index contributed by atoms with van der Waals surface area (Å²) in [7, 11) is 0. The van der Waals surface area contributed by atoms with E-state index in [0.717, 1.165) is 42.1 Å². The van der Waals surface area contributed by atoms with Crippen LogP contribution in [0.2, 0.25) is 0 Å². The molecule has 4 rings (SSSR count). The standard InChI is InChI=1S/C18H22FN3OS/c19-14-8-3-9-15-16(14)21-18(24-15)22-10-4-5-12(11-22)17(23)20-13-6-1-2-7-13/h3,8-9,12-13H,1-2,4-7,10-11H2,(H,20,23). The molecule has 1 aliphatic heterocycles. The summed E-state index contributed by atoms with van der Waals surface area (Å²) in [5.74, 6) is -0.0855. The molecule has 24 heavy (non-hydrogen) atoms. The molecular weight excluding hydrogens is 325 g/mol. The van der Waals surface area contributed by atoms with E-state index < -0.39 is 0 Å². The van der Waals surface area contributed by atoms with Crippen molar-refractivity contribution in [2.45, 2.75) is 44.6 Å². The molecule has 2 fully saturated rings. The van der Waals surface area contributed by atoms with Gasteiger partial charge >= 0.3 is 0 Å². The van der Waals surface area contributed by atoms with E-state index in [4.69, 9.17) is 0 Å². The molecule has 6 heteroatoms. The maximum absolute atomic E-state index is 13.9. The molecule has 2 aromatic rings. The number of rotatable bonds is 3. The molecule has 1 saturated heterocycles. The van der Waals surface area contributed by atoms with Gasteiger partial charge in [-0.05, 0) is 37.8 Å². The van der Waals surface area contributed by atoms with Crippen LogP contribution in [0.25, 0.3) is 10.2 Å². The van der Waals surface area contributed by atoms with Crippen molar-refractivity contribution in [3.63, 3.8) is 0 Å². The number of aromatic nitrogens is 1. The molecule has 1 amide bonds. The first-order chi connectivity index (χ1) is 11.7. The van der Waals surface area contributed by atoms with Gasteiger partial charge in [0.05, 0.1) is 10.6 Å². The van der Waals surface area contributed by atoms with Crippen LogP contribution >= 0.6 is 11.3 Å². The third kappa shape index (κ3) is 3.11. The van der Waals surface area contributed by atoms with E-state index in [1.165, 1.54) is 30.2 Å². The summed E-state index contributed by atoms with van der Waals surface area (Å²) in [4.78, 5) is 19.2. The highest BCUT2D eigenvalue weighted by molar-refractivity contribution is 7.22. The Kier molecular flexibility index (Phi) is 4.39. The van der Waals surface area contributed by atoms with Gasteiger partial charge in [-0.2, -0.15) is 0 Å². The molecule has 0 bridgehead atoms. The fourth-order valence-electron chi connectivity index (χ4n) is 3.79. The molecule has 0 spiro atoms. The Balaban J connectivity index is 1.47. The van der Waals surface area contributed by atoms with Crippen LogP contribution < -0.4 is 10.2 Å². The van der Waals surface area contributed by atoms with E-state index >= 15 is 0 Å². The first kappa shape index (κ1) is 15.8. The van der Waals surface area contributed by atoms with E-state index in [0.29, 0.717) is 18.1 Å². The zero-order valence-electron chi connectivity index (χ0n) is 13.6. The van der Waals surface area contributed by atoms with E-state index in [-0.39, 0.29) is 17.6 Å². The fourth-order valence-corrected chi connectivity index (χ4v) is 4.81. The second-order valence-electron chi connectivity index (χ2n) is 6.86. The molecule has 2 aliphatic rings. The van der Waals surface area contributed by atoms with E-state index in [9.17, 15) is 9.18 Å². The molecule has 1 saturated carbocycles.